The van der Waals surface area contributed by atoms with Gasteiger partial charge >= 0.3 is 52.4 Å². The van der Waals surface area contributed by atoms with Crippen molar-refractivity contribution in [2.24, 2.45) is 0 Å². The molecule has 12 aromatic carbocycles. The minimum atomic E-state index is 0. The van der Waals surface area contributed by atoms with Crippen LogP contribution in [0.2, 0.25) is 20.1 Å². The van der Waals surface area contributed by atoms with Crippen molar-refractivity contribution in [3.05, 3.63) is 356 Å². The standard InChI is InChI=1S/4C21H13ClN.2ClH.2Zr/c4*22-15-10-11-17-14(12-15)13-19-18-8-4-5-9-20(18)23(21(17)19)16-6-2-1-3-7-16;;;;/h4*1-11H,13H2;2*1H;;/q4*-1;;;2*+2/p-2. The van der Waals surface area contributed by atoms with Gasteiger partial charge < -0.3 is 43.1 Å². The summed E-state index contributed by atoms with van der Waals surface area (Å²) in [5, 5.41) is 7.99. The number of benzene rings is 12. The number of fused-ring (bicyclic) bond motifs is 20. The number of rotatable bonds is 4. The summed E-state index contributed by atoms with van der Waals surface area (Å²) in [6.07, 6.45) is 3.58. The van der Waals surface area contributed by atoms with E-state index in [1.165, 1.54) is 156 Å². The van der Waals surface area contributed by atoms with Gasteiger partial charge in [-0.15, -0.1) is 90.9 Å². The van der Waals surface area contributed by atoms with Crippen LogP contribution in [0.25, 0.3) is 111 Å². The average molecular weight is 1510 g/mol. The molecule has 0 bridgehead atoms. The molecule has 16 aromatic rings. The molecular formula is C84H52Cl6N4Zr2-2. The fourth-order valence-electron chi connectivity index (χ4n) is 14.6. The number of hydrogen-bond acceptors (Lipinski definition) is 0. The van der Waals surface area contributed by atoms with Crippen LogP contribution in [0.3, 0.4) is 0 Å². The van der Waals surface area contributed by atoms with Crippen LogP contribution in [0.1, 0.15) is 44.5 Å². The molecule has 0 unspecified atom stereocenters. The third kappa shape index (κ3) is 11.6. The Hall–Kier alpha value is -7.69. The maximum atomic E-state index is 6.15. The van der Waals surface area contributed by atoms with E-state index in [-0.39, 0.29) is 77.2 Å². The van der Waals surface area contributed by atoms with E-state index in [0.29, 0.717) is 20.1 Å². The maximum absolute atomic E-state index is 6.15. The molecule has 0 saturated heterocycles. The third-order valence-electron chi connectivity index (χ3n) is 18.4. The van der Waals surface area contributed by atoms with Crippen molar-refractivity contribution in [1.29, 1.82) is 0 Å². The Morgan fingerprint density at radius 3 is 0.625 bits per heavy atom. The Morgan fingerprint density at radius 2 is 0.417 bits per heavy atom. The van der Waals surface area contributed by atoms with Crippen LogP contribution >= 0.6 is 46.4 Å². The fraction of sp³-hybridized carbons (Fsp3) is 0.0476. The van der Waals surface area contributed by atoms with Crippen molar-refractivity contribution in [3.63, 3.8) is 0 Å². The molecule has 20 rings (SSSR count). The molecule has 4 nitrogen and oxygen atoms in total. The second-order valence-corrected chi connectivity index (χ2v) is 25.2. The van der Waals surface area contributed by atoms with Gasteiger partial charge in [0.25, 0.3) is 0 Å². The first-order chi connectivity index (χ1) is 45.3. The van der Waals surface area contributed by atoms with Gasteiger partial charge in [-0.1, -0.05) is 166 Å². The summed E-state index contributed by atoms with van der Waals surface area (Å²) >= 11 is 24.6. The van der Waals surface area contributed by atoms with E-state index in [1.54, 1.807) is 0 Å². The van der Waals surface area contributed by atoms with Gasteiger partial charge in [-0.25, -0.2) is 0 Å². The molecule has 0 atom stereocenters. The number of nitrogens with zero attached hydrogens (tertiary/aromatic N) is 4. The van der Waals surface area contributed by atoms with E-state index in [4.69, 9.17) is 46.4 Å². The molecule has 0 N–H and O–H groups in total. The summed E-state index contributed by atoms with van der Waals surface area (Å²) in [6.45, 7) is 0. The largest absolute Gasteiger partial charge is 2.00 e. The molecule has 0 fully saturated rings. The Bertz CT molecular complexity index is 4890. The van der Waals surface area contributed by atoms with Gasteiger partial charge in [0.15, 0.2) is 0 Å². The van der Waals surface area contributed by atoms with Gasteiger partial charge in [0.2, 0.25) is 0 Å². The van der Waals surface area contributed by atoms with Crippen LogP contribution in [0, 0.1) is 24.3 Å². The van der Waals surface area contributed by atoms with E-state index < -0.39 is 0 Å². The van der Waals surface area contributed by atoms with E-state index in [2.05, 4.69) is 285 Å². The Kier molecular flexibility index (Phi) is 19.5. The van der Waals surface area contributed by atoms with Gasteiger partial charge in [0.1, 0.15) is 0 Å². The normalized spacial score (nSPS) is 11.9. The van der Waals surface area contributed by atoms with Crippen molar-refractivity contribution in [1.82, 2.24) is 18.3 Å². The van der Waals surface area contributed by atoms with Gasteiger partial charge in [-0.3, -0.25) is 0 Å². The molecular weight excluding hydrogens is 1460 g/mol. The molecule has 0 amide bonds. The zero-order chi connectivity index (χ0) is 61.6. The van der Waals surface area contributed by atoms with E-state index in [1.807, 2.05) is 24.3 Å². The first kappa shape index (κ1) is 66.9. The zero-order valence-electron chi connectivity index (χ0n) is 51.3. The molecule has 0 radical (unpaired) electrons. The molecule has 96 heavy (non-hydrogen) atoms. The van der Waals surface area contributed by atoms with Crippen LogP contribution in [-0.2, 0) is 78.1 Å². The summed E-state index contributed by atoms with van der Waals surface area (Å²) in [7, 11) is 0. The predicted molar refractivity (Wildman–Crippen MR) is 381 cm³/mol. The maximum Gasteiger partial charge on any atom is 2.00 e. The van der Waals surface area contributed by atoms with Crippen LogP contribution in [-0.4, -0.2) is 18.3 Å². The zero-order valence-corrected chi connectivity index (χ0v) is 60.7. The second-order valence-electron chi connectivity index (χ2n) is 23.6. The van der Waals surface area contributed by atoms with Crippen LogP contribution in [0.4, 0.5) is 0 Å². The summed E-state index contributed by atoms with van der Waals surface area (Å²) in [5.74, 6) is 0. The molecule has 0 aliphatic heterocycles. The predicted octanol–water partition coefficient (Wildman–Crippen LogP) is 16.6. The van der Waals surface area contributed by atoms with Gasteiger partial charge in [-0.2, -0.15) is 72.8 Å². The van der Waals surface area contributed by atoms with Crippen molar-refractivity contribution in [2.75, 3.05) is 0 Å². The summed E-state index contributed by atoms with van der Waals surface area (Å²) < 4.78 is 9.44. The van der Waals surface area contributed by atoms with Gasteiger partial charge in [-0.05, 0) is 121 Å². The molecule has 4 aromatic heterocycles. The minimum Gasteiger partial charge on any atom is -1.00 e. The van der Waals surface area contributed by atoms with Crippen LogP contribution in [0.15, 0.2) is 267 Å². The van der Waals surface area contributed by atoms with Crippen molar-refractivity contribution < 1.29 is 77.2 Å². The SMILES string of the molecule is Clc1[c-]c2c(cc1)-c1c(c3ccccc3n1-c1ccccc1)C2.Clc1[c-]c2c(cc1)-c1c(c3ccccc3n1-c1ccccc1)C2.Clc1[c-]c2c(cc1)-c1c(c3ccccc3n1-c1ccccc1)C2.Clc1[c-]c2c(cc1)-c1c(c3ccccc3n1-c1ccccc1)C2.[Cl-].[Cl-].[Zr+2].[Zr+2]. The first-order valence-corrected chi connectivity index (χ1v) is 32.4. The topological polar surface area (TPSA) is 19.7 Å². The summed E-state index contributed by atoms with van der Waals surface area (Å²) in [5.41, 5.74) is 30.1. The average Bonchev–Trinajstić information content (AvgIpc) is 1.60. The molecule has 4 heterocycles. The number of halogens is 6. The Labute approximate surface area is 628 Å². The monoisotopic (exact) mass is 1510 g/mol. The van der Waals surface area contributed by atoms with Crippen molar-refractivity contribution in [2.45, 2.75) is 25.7 Å². The molecule has 12 heteroatoms. The minimum absolute atomic E-state index is 0. The molecule has 4 aliphatic carbocycles. The molecule has 460 valence electrons. The summed E-state index contributed by atoms with van der Waals surface area (Å²) in [6, 6.07) is 106. The van der Waals surface area contributed by atoms with Crippen LogP contribution < -0.4 is 24.8 Å². The molecule has 4 aliphatic rings. The summed E-state index contributed by atoms with van der Waals surface area (Å²) in [4.78, 5) is 0. The fourth-order valence-corrected chi connectivity index (χ4v) is 15.4. The Morgan fingerprint density at radius 1 is 0.229 bits per heavy atom. The van der Waals surface area contributed by atoms with Gasteiger partial charge in [0.05, 0.1) is 22.1 Å². The smallest absolute Gasteiger partial charge is 1.00 e. The molecule has 0 spiro atoms. The number of aromatic nitrogens is 4. The van der Waals surface area contributed by atoms with Crippen molar-refractivity contribution >= 4 is 90.0 Å². The molecule has 0 saturated carbocycles. The van der Waals surface area contributed by atoms with Gasteiger partial charge in [0, 0.05) is 67.1 Å². The Balaban J connectivity index is 0.000000114. The van der Waals surface area contributed by atoms with E-state index in [0.717, 1.165) is 25.7 Å². The van der Waals surface area contributed by atoms with E-state index in [9.17, 15) is 0 Å². The van der Waals surface area contributed by atoms with Crippen LogP contribution in [0.5, 0.6) is 0 Å². The van der Waals surface area contributed by atoms with Crippen molar-refractivity contribution in [3.8, 4) is 67.8 Å². The number of para-hydroxylation sites is 8. The first-order valence-electron chi connectivity index (χ1n) is 30.9. The second kappa shape index (κ2) is 28.0. The van der Waals surface area contributed by atoms with E-state index >= 15 is 0 Å². The number of hydrogen-bond donors (Lipinski definition) is 0. The quantitative estimate of drug-likeness (QED) is 0.157. The third-order valence-corrected chi connectivity index (χ3v) is 19.3.